The van der Waals surface area contributed by atoms with Crippen molar-refractivity contribution in [3.05, 3.63) is 23.8 Å². The number of hydrogen-bond acceptors (Lipinski definition) is 3. The summed E-state index contributed by atoms with van der Waals surface area (Å²) in [5.41, 5.74) is 10.7. The molecule has 0 heterocycles. The van der Waals surface area contributed by atoms with E-state index in [1.165, 1.54) is 19.2 Å². The summed E-state index contributed by atoms with van der Waals surface area (Å²) in [5, 5.41) is 8.86. The highest BCUT2D eigenvalue weighted by Gasteiger charge is 2.14. The van der Waals surface area contributed by atoms with Gasteiger partial charge >= 0.3 is 5.97 Å². The molecule has 1 aromatic carbocycles. The van der Waals surface area contributed by atoms with Crippen LogP contribution in [0.2, 0.25) is 0 Å². The van der Waals surface area contributed by atoms with Crippen molar-refractivity contribution in [3.63, 3.8) is 0 Å². The zero-order valence-corrected chi connectivity index (χ0v) is 9.32. The number of rotatable bonds is 3. The summed E-state index contributed by atoms with van der Waals surface area (Å²) < 4.78 is 4.94. The minimum absolute atomic E-state index is 0. The van der Waals surface area contributed by atoms with Gasteiger partial charge in [0.25, 0.3) is 0 Å². The van der Waals surface area contributed by atoms with Crippen molar-refractivity contribution in [2.24, 2.45) is 16.5 Å². The van der Waals surface area contributed by atoms with E-state index in [0.29, 0.717) is 0 Å². The monoisotopic (exact) mass is 245 g/mol. The highest BCUT2D eigenvalue weighted by atomic mass is 35.5. The van der Waals surface area contributed by atoms with E-state index in [0.717, 1.165) is 0 Å². The van der Waals surface area contributed by atoms with Crippen LogP contribution in [0.25, 0.3) is 0 Å². The van der Waals surface area contributed by atoms with Gasteiger partial charge in [-0.3, -0.25) is 0 Å². The molecule has 5 N–H and O–H groups in total. The summed E-state index contributed by atoms with van der Waals surface area (Å²) in [5.74, 6) is -1.12. The van der Waals surface area contributed by atoms with Crippen molar-refractivity contribution in [1.82, 2.24) is 0 Å². The van der Waals surface area contributed by atoms with Gasteiger partial charge in [0.1, 0.15) is 11.3 Å². The number of benzene rings is 1. The zero-order chi connectivity index (χ0) is 11.4. The third-order valence-electron chi connectivity index (χ3n) is 1.68. The largest absolute Gasteiger partial charge is 0.494 e. The number of hydrogen-bond donors (Lipinski definition) is 3. The van der Waals surface area contributed by atoms with Gasteiger partial charge in [-0.05, 0) is 12.1 Å². The molecule has 0 saturated carbocycles. The van der Waals surface area contributed by atoms with Gasteiger partial charge in [-0.2, -0.15) is 0 Å². The standard InChI is InChI=1S/C9H11N3O3.ClH/c1-15-7-5(8(13)14)3-2-4-6(7)12-9(10)11;/h2-4H,1H3,(H,13,14)(H4,10,11,12);1H. The molecule has 0 unspecified atom stereocenters. The number of carboxylic acids is 1. The second kappa shape index (κ2) is 5.82. The van der Waals surface area contributed by atoms with E-state index in [1.807, 2.05) is 0 Å². The summed E-state index contributed by atoms with van der Waals surface area (Å²) in [6, 6.07) is 4.51. The minimum atomic E-state index is -1.10. The average Bonchev–Trinajstić information content (AvgIpc) is 2.16. The molecule has 0 bridgehead atoms. The first-order valence-corrected chi connectivity index (χ1v) is 4.06. The maximum absolute atomic E-state index is 10.8. The van der Waals surface area contributed by atoms with E-state index < -0.39 is 5.97 Å². The molecular formula is C9H12ClN3O3. The Bertz CT molecular complexity index is 416. The number of para-hydroxylation sites is 1. The summed E-state index contributed by atoms with van der Waals surface area (Å²) in [4.78, 5) is 14.6. The minimum Gasteiger partial charge on any atom is -0.494 e. The van der Waals surface area contributed by atoms with Crippen LogP contribution in [0, 0.1) is 0 Å². The number of aliphatic imine (C=N–C) groups is 1. The molecule has 0 atom stereocenters. The van der Waals surface area contributed by atoms with E-state index in [1.54, 1.807) is 6.07 Å². The third kappa shape index (κ3) is 3.03. The fraction of sp³-hybridized carbons (Fsp3) is 0.111. The lowest BCUT2D eigenvalue weighted by Crippen LogP contribution is -2.22. The third-order valence-corrected chi connectivity index (χ3v) is 1.68. The molecule has 1 aromatic rings. The van der Waals surface area contributed by atoms with Crippen LogP contribution in [0.15, 0.2) is 23.2 Å². The predicted molar refractivity (Wildman–Crippen MR) is 62.7 cm³/mol. The highest BCUT2D eigenvalue weighted by Crippen LogP contribution is 2.30. The summed E-state index contributed by atoms with van der Waals surface area (Å²) in [6.45, 7) is 0. The molecule has 16 heavy (non-hydrogen) atoms. The number of nitrogens with two attached hydrogens (primary N) is 2. The maximum atomic E-state index is 10.8. The van der Waals surface area contributed by atoms with Crippen molar-refractivity contribution in [1.29, 1.82) is 0 Å². The first-order chi connectivity index (χ1) is 7.06. The Balaban J connectivity index is 0.00000225. The molecule has 0 aromatic heterocycles. The van der Waals surface area contributed by atoms with Crippen LogP contribution in [-0.4, -0.2) is 24.1 Å². The van der Waals surface area contributed by atoms with Crippen LogP contribution in [0.4, 0.5) is 5.69 Å². The van der Waals surface area contributed by atoms with Crippen LogP contribution in [-0.2, 0) is 0 Å². The Labute approximate surface area is 98.3 Å². The van der Waals surface area contributed by atoms with Crippen LogP contribution < -0.4 is 16.2 Å². The van der Waals surface area contributed by atoms with Gasteiger partial charge in [0, 0.05) is 0 Å². The Morgan fingerprint density at radius 2 is 2.06 bits per heavy atom. The molecule has 0 saturated heterocycles. The number of carbonyl (C=O) groups is 1. The number of halogens is 1. The fourth-order valence-electron chi connectivity index (χ4n) is 1.13. The molecule has 6 nitrogen and oxygen atoms in total. The molecule has 0 spiro atoms. The van der Waals surface area contributed by atoms with Gasteiger partial charge in [0.2, 0.25) is 0 Å². The summed E-state index contributed by atoms with van der Waals surface area (Å²) >= 11 is 0. The van der Waals surface area contributed by atoms with Gasteiger partial charge in [-0.1, -0.05) is 6.07 Å². The Kier molecular flexibility index (Phi) is 5.11. The molecule has 7 heteroatoms. The van der Waals surface area contributed by atoms with Crippen molar-refractivity contribution in [2.45, 2.75) is 0 Å². The summed E-state index contributed by atoms with van der Waals surface area (Å²) in [6.07, 6.45) is 0. The van der Waals surface area contributed by atoms with Crippen LogP contribution in [0.5, 0.6) is 5.75 Å². The number of carboxylic acid groups (broad SMARTS) is 1. The number of ether oxygens (including phenoxy) is 1. The molecule has 88 valence electrons. The van der Waals surface area contributed by atoms with Crippen molar-refractivity contribution in [2.75, 3.05) is 7.11 Å². The van der Waals surface area contributed by atoms with E-state index in [9.17, 15) is 4.79 Å². The lowest BCUT2D eigenvalue weighted by Gasteiger charge is -2.07. The van der Waals surface area contributed by atoms with Crippen LogP contribution in [0.1, 0.15) is 10.4 Å². The topological polar surface area (TPSA) is 111 Å². The number of methoxy groups -OCH3 is 1. The quantitative estimate of drug-likeness (QED) is 0.537. The second-order valence-corrected chi connectivity index (χ2v) is 2.70. The molecule has 0 aliphatic rings. The Hall–Kier alpha value is -1.95. The molecular weight excluding hydrogens is 234 g/mol. The van der Waals surface area contributed by atoms with Crippen LogP contribution in [0.3, 0.4) is 0 Å². The number of nitrogens with zero attached hydrogens (tertiary/aromatic N) is 1. The van der Waals surface area contributed by atoms with E-state index in [2.05, 4.69) is 4.99 Å². The fourth-order valence-corrected chi connectivity index (χ4v) is 1.13. The summed E-state index contributed by atoms with van der Waals surface area (Å²) in [7, 11) is 1.35. The predicted octanol–water partition coefficient (Wildman–Crippen LogP) is 0.720. The highest BCUT2D eigenvalue weighted by molar-refractivity contribution is 5.93. The van der Waals surface area contributed by atoms with E-state index in [4.69, 9.17) is 21.3 Å². The maximum Gasteiger partial charge on any atom is 0.339 e. The number of guanidine groups is 1. The molecule has 0 radical (unpaired) electrons. The zero-order valence-electron chi connectivity index (χ0n) is 8.51. The molecule has 0 fully saturated rings. The molecule has 0 aliphatic heterocycles. The molecule has 1 rings (SSSR count). The van der Waals surface area contributed by atoms with Gasteiger partial charge in [0.15, 0.2) is 11.7 Å². The van der Waals surface area contributed by atoms with E-state index in [-0.39, 0.29) is 35.4 Å². The first kappa shape index (κ1) is 14.1. The van der Waals surface area contributed by atoms with Crippen LogP contribution >= 0.6 is 12.4 Å². The van der Waals surface area contributed by atoms with E-state index >= 15 is 0 Å². The molecule has 0 amide bonds. The van der Waals surface area contributed by atoms with Crippen molar-refractivity contribution in [3.8, 4) is 5.75 Å². The van der Waals surface area contributed by atoms with Gasteiger partial charge in [-0.25, -0.2) is 9.79 Å². The van der Waals surface area contributed by atoms with Gasteiger partial charge < -0.3 is 21.3 Å². The molecule has 0 aliphatic carbocycles. The van der Waals surface area contributed by atoms with Crippen molar-refractivity contribution >= 4 is 30.0 Å². The SMILES string of the molecule is COc1c(N=C(N)N)cccc1C(=O)O.Cl. The average molecular weight is 246 g/mol. The normalized spacial score (nSPS) is 8.81. The lowest BCUT2D eigenvalue weighted by molar-refractivity contribution is 0.0693. The Morgan fingerprint density at radius 3 is 2.50 bits per heavy atom. The first-order valence-electron chi connectivity index (χ1n) is 4.06. The smallest absolute Gasteiger partial charge is 0.339 e. The lowest BCUT2D eigenvalue weighted by atomic mass is 10.2. The van der Waals surface area contributed by atoms with Gasteiger partial charge in [0.05, 0.1) is 7.11 Å². The second-order valence-electron chi connectivity index (χ2n) is 2.70. The Morgan fingerprint density at radius 1 is 1.44 bits per heavy atom. The number of aromatic carboxylic acids is 1. The van der Waals surface area contributed by atoms with Crippen molar-refractivity contribution < 1.29 is 14.6 Å². The van der Waals surface area contributed by atoms with Gasteiger partial charge in [-0.15, -0.1) is 12.4 Å².